The molecule has 0 amide bonds. The molecule has 0 saturated heterocycles. The largest absolute Gasteiger partial charge is 0.330 e. The van der Waals surface area contributed by atoms with Crippen LogP contribution in [0.15, 0.2) is 24.3 Å². The molecule has 0 aliphatic heterocycles. The molecule has 0 fully saturated rings. The van der Waals surface area contributed by atoms with E-state index in [1.807, 2.05) is 0 Å². The second-order valence-electron chi connectivity index (χ2n) is 7.06. The van der Waals surface area contributed by atoms with Gasteiger partial charge in [0.25, 0.3) is 0 Å². The Morgan fingerprint density at radius 3 is 2.61 bits per heavy atom. The van der Waals surface area contributed by atoms with Gasteiger partial charge < -0.3 is 5.73 Å². The molecule has 0 aromatic heterocycles. The monoisotopic (exact) mass is 245 g/mol. The summed E-state index contributed by atoms with van der Waals surface area (Å²) in [5, 5.41) is 0. The van der Waals surface area contributed by atoms with Crippen LogP contribution in [0.5, 0.6) is 0 Å². The smallest absolute Gasteiger partial charge is 0.00814 e. The molecule has 0 heterocycles. The van der Waals surface area contributed by atoms with E-state index in [9.17, 15) is 0 Å². The lowest BCUT2D eigenvalue weighted by molar-refractivity contribution is 0.315. The Hall–Kier alpha value is -0.820. The Labute approximate surface area is 112 Å². The van der Waals surface area contributed by atoms with Crippen molar-refractivity contribution in [1.82, 2.24) is 0 Å². The maximum atomic E-state index is 6.13. The third-order valence-corrected chi connectivity index (χ3v) is 4.43. The van der Waals surface area contributed by atoms with Crippen LogP contribution in [0.25, 0.3) is 0 Å². The van der Waals surface area contributed by atoms with Gasteiger partial charge in [0, 0.05) is 12.0 Å². The molecule has 1 aromatic carbocycles. The van der Waals surface area contributed by atoms with E-state index in [1.165, 1.54) is 43.2 Å². The van der Waals surface area contributed by atoms with Crippen molar-refractivity contribution in [3.05, 3.63) is 35.4 Å². The van der Waals surface area contributed by atoms with Crippen molar-refractivity contribution >= 4 is 0 Å². The van der Waals surface area contributed by atoms with Crippen molar-refractivity contribution in [3.63, 3.8) is 0 Å². The lowest BCUT2D eigenvalue weighted by Gasteiger charge is -2.30. The second kappa shape index (κ2) is 5.05. The van der Waals surface area contributed by atoms with E-state index in [0.717, 1.165) is 6.54 Å². The van der Waals surface area contributed by atoms with Crippen molar-refractivity contribution in [2.24, 2.45) is 11.1 Å². The van der Waals surface area contributed by atoms with Crippen LogP contribution in [0.3, 0.4) is 0 Å². The van der Waals surface area contributed by atoms with Crippen LogP contribution in [0, 0.1) is 5.41 Å². The summed E-state index contributed by atoms with van der Waals surface area (Å²) in [6.45, 7) is 7.77. The number of hydrogen-bond acceptors (Lipinski definition) is 1. The van der Waals surface area contributed by atoms with Gasteiger partial charge in [0.05, 0.1) is 0 Å². The minimum absolute atomic E-state index is 0.266. The highest BCUT2D eigenvalue weighted by atomic mass is 14.6. The first kappa shape index (κ1) is 13.6. The Kier molecular flexibility index (Phi) is 3.82. The van der Waals surface area contributed by atoms with E-state index in [1.54, 1.807) is 0 Å². The lowest BCUT2D eigenvalue weighted by Crippen LogP contribution is -2.33. The summed E-state index contributed by atoms with van der Waals surface area (Å²) in [6.07, 6.45) is 6.28. The maximum Gasteiger partial charge on any atom is 0.00814 e. The molecular formula is C17H27N. The van der Waals surface area contributed by atoms with Crippen LogP contribution >= 0.6 is 0 Å². The van der Waals surface area contributed by atoms with Gasteiger partial charge in [0.2, 0.25) is 0 Å². The van der Waals surface area contributed by atoms with Gasteiger partial charge in [-0.2, -0.15) is 0 Å². The standard InChI is InChI=1S/C17H27N/c1-16(2,3)10-6-11-17(13-18)12-9-14-7-4-5-8-15(14)17/h4-5,7-8H,6,9-13,18H2,1-3H3. The zero-order chi connectivity index (χ0) is 13.2. The van der Waals surface area contributed by atoms with Gasteiger partial charge in [-0.15, -0.1) is 0 Å². The zero-order valence-corrected chi connectivity index (χ0v) is 12.1. The molecule has 18 heavy (non-hydrogen) atoms. The molecule has 2 rings (SSSR count). The third kappa shape index (κ3) is 2.77. The molecule has 1 atom stereocenters. The van der Waals surface area contributed by atoms with Crippen molar-refractivity contribution in [3.8, 4) is 0 Å². The highest BCUT2D eigenvalue weighted by molar-refractivity contribution is 5.39. The molecule has 2 N–H and O–H groups in total. The summed E-state index contributed by atoms with van der Waals surface area (Å²) in [7, 11) is 0. The first-order valence-electron chi connectivity index (χ1n) is 7.25. The molecule has 0 radical (unpaired) electrons. The number of aryl methyl sites for hydroxylation is 1. The molecule has 1 nitrogen and oxygen atoms in total. The van der Waals surface area contributed by atoms with E-state index in [4.69, 9.17) is 5.73 Å². The molecule has 100 valence electrons. The Morgan fingerprint density at radius 1 is 1.22 bits per heavy atom. The van der Waals surface area contributed by atoms with E-state index >= 15 is 0 Å². The molecule has 1 aliphatic rings. The van der Waals surface area contributed by atoms with E-state index in [0.29, 0.717) is 5.41 Å². The summed E-state index contributed by atoms with van der Waals surface area (Å²) in [4.78, 5) is 0. The predicted octanol–water partition coefficient (Wildman–Crippen LogP) is 4.05. The van der Waals surface area contributed by atoms with Crippen LogP contribution in [0.2, 0.25) is 0 Å². The van der Waals surface area contributed by atoms with Gasteiger partial charge in [-0.3, -0.25) is 0 Å². The first-order valence-corrected chi connectivity index (χ1v) is 7.25. The fourth-order valence-corrected chi connectivity index (χ4v) is 3.30. The molecule has 0 bridgehead atoms. The summed E-state index contributed by atoms with van der Waals surface area (Å²) >= 11 is 0. The average molecular weight is 245 g/mol. The Balaban J connectivity index is 2.09. The maximum absolute atomic E-state index is 6.13. The van der Waals surface area contributed by atoms with Crippen molar-refractivity contribution in [2.45, 2.75) is 58.3 Å². The lowest BCUT2D eigenvalue weighted by atomic mass is 9.76. The topological polar surface area (TPSA) is 26.0 Å². The quantitative estimate of drug-likeness (QED) is 0.851. The second-order valence-corrected chi connectivity index (χ2v) is 7.06. The van der Waals surface area contributed by atoms with Crippen molar-refractivity contribution in [2.75, 3.05) is 6.54 Å². The van der Waals surface area contributed by atoms with Gasteiger partial charge in [-0.05, 0) is 42.2 Å². The van der Waals surface area contributed by atoms with Gasteiger partial charge in [0.1, 0.15) is 0 Å². The van der Waals surface area contributed by atoms with E-state index < -0.39 is 0 Å². The van der Waals surface area contributed by atoms with Gasteiger partial charge >= 0.3 is 0 Å². The summed E-state index contributed by atoms with van der Waals surface area (Å²) in [5.41, 5.74) is 9.89. The van der Waals surface area contributed by atoms with Crippen LogP contribution in [-0.4, -0.2) is 6.54 Å². The van der Waals surface area contributed by atoms with Gasteiger partial charge in [0.15, 0.2) is 0 Å². The molecule has 0 spiro atoms. The predicted molar refractivity (Wildman–Crippen MR) is 78.8 cm³/mol. The number of rotatable bonds is 4. The molecule has 1 aromatic rings. The highest BCUT2D eigenvalue weighted by Crippen LogP contribution is 2.42. The zero-order valence-electron chi connectivity index (χ0n) is 12.1. The number of hydrogen-bond donors (Lipinski definition) is 1. The average Bonchev–Trinajstić information content (AvgIpc) is 2.68. The van der Waals surface area contributed by atoms with E-state index in [2.05, 4.69) is 45.0 Å². The molecule has 1 aliphatic carbocycles. The van der Waals surface area contributed by atoms with Gasteiger partial charge in [-0.25, -0.2) is 0 Å². The third-order valence-electron chi connectivity index (χ3n) is 4.43. The van der Waals surface area contributed by atoms with Crippen LogP contribution in [0.4, 0.5) is 0 Å². The molecule has 0 saturated carbocycles. The van der Waals surface area contributed by atoms with Crippen molar-refractivity contribution in [1.29, 1.82) is 0 Å². The molecular weight excluding hydrogens is 218 g/mol. The summed E-state index contributed by atoms with van der Waals surface area (Å²) < 4.78 is 0. The molecule has 1 heteroatoms. The molecule has 1 unspecified atom stereocenters. The summed E-state index contributed by atoms with van der Waals surface area (Å²) in [6, 6.07) is 8.89. The van der Waals surface area contributed by atoms with E-state index in [-0.39, 0.29) is 5.41 Å². The van der Waals surface area contributed by atoms with Gasteiger partial charge in [-0.1, -0.05) is 51.5 Å². The van der Waals surface area contributed by atoms with Crippen LogP contribution in [-0.2, 0) is 11.8 Å². The summed E-state index contributed by atoms with van der Waals surface area (Å²) in [5.74, 6) is 0. The SMILES string of the molecule is CC(C)(C)CCCC1(CN)CCc2ccccc21. The number of fused-ring (bicyclic) bond motifs is 1. The van der Waals surface area contributed by atoms with Crippen LogP contribution < -0.4 is 5.73 Å². The fraction of sp³-hybridized carbons (Fsp3) is 0.647. The first-order chi connectivity index (χ1) is 8.47. The number of nitrogens with two attached hydrogens (primary N) is 1. The van der Waals surface area contributed by atoms with Crippen LogP contribution in [0.1, 0.15) is 57.6 Å². The van der Waals surface area contributed by atoms with Crippen molar-refractivity contribution < 1.29 is 0 Å². The normalized spacial score (nSPS) is 23.1. The highest BCUT2D eigenvalue weighted by Gasteiger charge is 2.36. The number of benzene rings is 1. The Bertz CT molecular complexity index is 402. The minimum Gasteiger partial charge on any atom is -0.330 e. The fourth-order valence-electron chi connectivity index (χ4n) is 3.30. The minimum atomic E-state index is 0.266. The Morgan fingerprint density at radius 2 is 1.94 bits per heavy atom.